The van der Waals surface area contributed by atoms with Crippen LogP contribution in [-0.4, -0.2) is 48.5 Å². The number of rotatable bonds is 5. The van der Waals surface area contributed by atoms with Gasteiger partial charge in [-0.05, 0) is 52.4 Å². The van der Waals surface area contributed by atoms with Crippen LogP contribution in [0, 0.1) is 12.8 Å². The van der Waals surface area contributed by atoms with Crippen LogP contribution in [0.4, 0.5) is 0 Å². The molecule has 0 saturated carbocycles. The van der Waals surface area contributed by atoms with Gasteiger partial charge in [0.15, 0.2) is 0 Å². The molecule has 1 aliphatic heterocycles. The van der Waals surface area contributed by atoms with Gasteiger partial charge in [0.2, 0.25) is 5.88 Å². The Kier molecular flexibility index (Phi) is 4.82. The van der Waals surface area contributed by atoms with E-state index in [1.165, 1.54) is 31.5 Å². The van der Waals surface area contributed by atoms with E-state index in [-0.39, 0.29) is 0 Å². The first-order valence-corrected chi connectivity index (χ1v) is 7.09. The van der Waals surface area contributed by atoms with Gasteiger partial charge in [0.1, 0.15) is 0 Å². The monoisotopic (exact) mass is 266 g/mol. The fraction of sp³-hybridized carbons (Fsp3) is 0.786. The van der Waals surface area contributed by atoms with Crippen LogP contribution in [0.2, 0.25) is 0 Å². The lowest BCUT2D eigenvalue weighted by molar-refractivity contribution is 0.174. The quantitative estimate of drug-likeness (QED) is 0.869. The van der Waals surface area contributed by atoms with E-state index in [0.717, 1.165) is 30.6 Å². The van der Waals surface area contributed by atoms with Crippen molar-refractivity contribution in [2.45, 2.75) is 26.3 Å². The minimum Gasteiger partial charge on any atom is -0.481 e. The molecule has 1 saturated heterocycles. The van der Waals surface area contributed by atoms with Crippen LogP contribution in [0.25, 0.3) is 0 Å². The lowest BCUT2D eigenvalue weighted by Crippen LogP contribution is -2.36. The van der Waals surface area contributed by atoms with Crippen molar-refractivity contribution in [2.24, 2.45) is 13.0 Å². The van der Waals surface area contributed by atoms with Gasteiger partial charge in [-0.25, -0.2) is 4.68 Å². The molecule has 0 aromatic carbocycles. The number of likely N-dealkylation sites (tertiary alicyclic amines) is 1. The molecule has 1 aliphatic rings. The largest absolute Gasteiger partial charge is 0.481 e. The Morgan fingerprint density at radius 3 is 2.63 bits per heavy atom. The molecule has 0 spiro atoms. The maximum absolute atomic E-state index is 5.46. The van der Waals surface area contributed by atoms with Crippen molar-refractivity contribution in [2.75, 3.05) is 33.8 Å². The second-order valence-electron chi connectivity index (χ2n) is 5.47. The van der Waals surface area contributed by atoms with E-state index in [2.05, 4.69) is 22.2 Å². The first-order chi connectivity index (χ1) is 9.15. The van der Waals surface area contributed by atoms with Crippen molar-refractivity contribution in [3.63, 3.8) is 0 Å². The third-order valence-electron chi connectivity index (χ3n) is 4.06. The fourth-order valence-electron chi connectivity index (χ4n) is 2.98. The van der Waals surface area contributed by atoms with Gasteiger partial charge in [0.25, 0.3) is 0 Å². The maximum atomic E-state index is 5.46. The van der Waals surface area contributed by atoms with E-state index >= 15 is 0 Å². The summed E-state index contributed by atoms with van der Waals surface area (Å²) in [6.07, 6.45) is 2.56. The van der Waals surface area contributed by atoms with E-state index in [0.29, 0.717) is 0 Å². The molecule has 5 nitrogen and oxygen atoms in total. The molecule has 1 aromatic rings. The number of aromatic nitrogens is 2. The number of methoxy groups -OCH3 is 1. The van der Waals surface area contributed by atoms with Gasteiger partial charge in [0.05, 0.1) is 18.4 Å². The highest BCUT2D eigenvalue weighted by atomic mass is 16.5. The summed E-state index contributed by atoms with van der Waals surface area (Å²) in [5.41, 5.74) is 2.31. The predicted molar refractivity (Wildman–Crippen MR) is 76.4 cm³/mol. The first-order valence-electron chi connectivity index (χ1n) is 7.09. The minimum absolute atomic E-state index is 0.832. The van der Waals surface area contributed by atoms with Gasteiger partial charge >= 0.3 is 0 Å². The van der Waals surface area contributed by atoms with Crippen LogP contribution >= 0.6 is 0 Å². The summed E-state index contributed by atoms with van der Waals surface area (Å²) in [6, 6.07) is 0. The molecule has 1 fully saturated rings. The van der Waals surface area contributed by atoms with E-state index < -0.39 is 0 Å². The van der Waals surface area contributed by atoms with Crippen LogP contribution in [0.1, 0.15) is 24.1 Å². The molecule has 0 unspecified atom stereocenters. The zero-order valence-electron chi connectivity index (χ0n) is 12.6. The minimum atomic E-state index is 0.832. The zero-order chi connectivity index (χ0) is 13.8. The van der Waals surface area contributed by atoms with Crippen molar-refractivity contribution >= 4 is 0 Å². The van der Waals surface area contributed by atoms with Crippen LogP contribution in [-0.2, 0) is 13.6 Å². The maximum Gasteiger partial charge on any atom is 0.216 e. The number of nitrogens with one attached hydrogen (secondary N) is 1. The van der Waals surface area contributed by atoms with E-state index in [1.54, 1.807) is 7.11 Å². The van der Waals surface area contributed by atoms with Crippen LogP contribution in [0.3, 0.4) is 0 Å². The topological polar surface area (TPSA) is 42.3 Å². The molecular weight excluding hydrogens is 240 g/mol. The molecular formula is C14H26N4O. The van der Waals surface area contributed by atoms with Gasteiger partial charge in [-0.1, -0.05) is 0 Å². The van der Waals surface area contributed by atoms with E-state index in [9.17, 15) is 0 Å². The van der Waals surface area contributed by atoms with Crippen LogP contribution in [0.5, 0.6) is 5.88 Å². The lowest BCUT2D eigenvalue weighted by Gasteiger charge is -2.31. The third-order valence-corrected chi connectivity index (χ3v) is 4.06. The number of piperidine rings is 1. The summed E-state index contributed by atoms with van der Waals surface area (Å²) in [4.78, 5) is 2.51. The van der Waals surface area contributed by atoms with Crippen molar-refractivity contribution in [1.82, 2.24) is 20.0 Å². The van der Waals surface area contributed by atoms with Gasteiger partial charge in [-0.15, -0.1) is 0 Å². The molecule has 0 bridgehead atoms. The summed E-state index contributed by atoms with van der Waals surface area (Å²) >= 11 is 0. The van der Waals surface area contributed by atoms with Gasteiger partial charge in [-0.2, -0.15) is 5.10 Å². The average molecular weight is 266 g/mol. The molecule has 5 heteroatoms. The summed E-state index contributed by atoms with van der Waals surface area (Å²) in [5.74, 6) is 1.73. The van der Waals surface area contributed by atoms with Crippen molar-refractivity contribution in [3.8, 4) is 5.88 Å². The molecule has 19 heavy (non-hydrogen) atoms. The second kappa shape index (κ2) is 6.39. The Labute approximate surface area is 115 Å². The number of ether oxygens (including phenoxy) is 1. The molecule has 0 atom stereocenters. The number of aryl methyl sites for hydroxylation is 2. The highest BCUT2D eigenvalue weighted by Gasteiger charge is 2.22. The Morgan fingerprint density at radius 1 is 1.37 bits per heavy atom. The molecule has 2 heterocycles. The SMILES string of the molecule is CNCC1CCN(Cc2c(C)nn(C)c2OC)CC1. The number of hydrogen-bond acceptors (Lipinski definition) is 4. The summed E-state index contributed by atoms with van der Waals surface area (Å²) in [7, 11) is 5.70. The summed E-state index contributed by atoms with van der Waals surface area (Å²) < 4.78 is 7.29. The van der Waals surface area contributed by atoms with Crippen molar-refractivity contribution in [3.05, 3.63) is 11.3 Å². The second-order valence-corrected chi connectivity index (χ2v) is 5.47. The first kappa shape index (κ1) is 14.3. The highest BCUT2D eigenvalue weighted by Crippen LogP contribution is 2.25. The Balaban J connectivity index is 1.96. The van der Waals surface area contributed by atoms with Crippen molar-refractivity contribution < 1.29 is 4.74 Å². The molecule has 2 rings (SSSR count). The highest BCUT2D eigenvalue weighted by molar-refractivity contribution is 5.30. The average Bonchev–Trinajstić information content (AvgIpc) is 2.66. The van der Waals surface area contributed by atoms with E-state index in [4.69, 9.17) is 4.74 Å². The van der Waals surface area contributed by atoms with Gasteiger partial charge < -0.3 is 10.1 Å². The normalized spacial score (nSPS) is 17.9. The molecule has 1 N–H and O–H groups in total. The molecule has 0 amide bonds. The van der Waals surface area contributed by atoms with Gasteiger partial charge in [0, 0.05) is 13.6 Å². The third kappa shape index (κ3) is 3.28. The fourth-order valence-corrected chi connectivity index (χ4v) is 2.98. The van der Waals surface area contributed by atoms with Gasteiger partial charge in [-0.3, -0.25) is 4.90 Å². The number of nitrogens with zero attached hydrogens (tertiary/aromatic N) is 3. The predicted octanol–water partition coefficient (Wildman–Crippen LogP) is 1.17. The Morgan fingerprint density at radius 2 is 2.05 bits per heavy atom. The Hall–Kier alpha value is -1.07. The van der Waals surface area contributed by atoms with Crippen molar-refractivity contribution in [1.29, 1.82) is 0 Å². The standard InChI is InChI=1S/C14H26N4O/c1-11-13(14(19-4)17(3)16-11)10-18-7-5-12(6-8-18)9-15-2/h12,15H,5-10H2,1-4H3. The van der Waals surface area contributed by atoms with Crippen LogP contribution < -0.4 is 10.1 Å². The number of hydrogen-bond donors (Lipinski definition) is 1. The Bertz CT molecular complexity index is 408. The van der Waals surface area contributed by atoms with Crippen LogP contribution in [0.15, 0.2) is 0 Å². The molecule has 108 valence electrons. The van der Waals surface area contributed by atoms with E-state index in [1.807, 2.05) is 18.8 Å². The zero-order valence-corrected chi connectivity index (χ0v) is 12.6. The smallest absolute Gasteiger partial charge is 0.216 e. The lowest BCUT2D eigenvalue weighted by atomic mass is 9.96. The summed E-state index contributed by atoms with van der Waals surface area (Å²) in [5, 5.41) is 7.73. The molecule has 0 aliphatic carbocycles. The molecule has 0 radical (unpaired) electrons. The summed E-state index contributed by atoms with van der Waals surface area (Å²) in [6.45, 7) is 6.50. The molecule has 1 aromatic heterocycles.